The number of rotatable bonds is 7. The van der Waals surface area contributed by atoms with E-state index in [9.17, 15) is 14.9 Å². The van der Waals surface area contributed by atoms with Gasteiger partial charge in [0, 0.05) is 23.3 Å². The van der Waals surface area contributed by atoms with Gasteiger partial charge in [-0.15, -0.1) is 10.2 Å². The van der Waals surface area contributed by atoms with Crippen molar-refractivity contribution in [2.75, 3.05) is 0 Å². The SMILES string of the molecule is CCC1NN(Cc2ccc(-c3ccccc3-c3nn[nH]n3)cc2)C(=NC(=O)c2ccc([N+](=O)[O-])cc2)S1. The highest BCUT2D eigenvalue weighted by Gasteiger charge is 2.28. The van der Waals surface area contributed by atoms with E-state index in [1.165, 1.54) is 36.0 Å². The van der Waals surface area contributed by atoms with Crippen molar-refractivity contribution in [3.63, 3.8) is 0 Å². The van der Waals surface area contributed by atoms with Gasteiger partial charge in [-0.1, -0.05) is 67.2 Å². The Morgan fingerprint density at radius 3 is 2.46 bits per heavy atom. The number of hydrogen-bond donors (Lipinski definition) is 2. The predicted octanol–water partition coefficient (Wildman–Crippen LogP) is 4.43. The van der Waals surface area contributed by atoms with E-state index in [0.717, 1.165) is 28.7 Å². The number of nitrogens with zero attached hydrogens (tertiary/aromatic N) is 6. The van der Waals surface area contributed by atoms with Gasteiger partial charge in [-0.3, -0.25) is 19.9 Å². The van der Waals surface area contributed by atoms with Crippen LogP contribution in [0.3, 0.4) is 0 Å². The van der Waals surface area contributed by atoms with Crippen LogP contribution in [0, 0.1) is 10.1 Å². The van der Waals surface area contributed by atoms with E-state index in [1.54, 1.807) is 0 Å². The number of hydrogen-bond acceptors (Lipinski definition) is 8. The van der Waals surface area contributed by atoms with Gasteiger partial charge in [0.05, 0.1) is 16.8 Å². The van der Waals surface area contributed by atoms with Crippen LogP contribution in [-0.2, 0) is 6.54 Å². The van der Waals surface area contributed by atoms with E-state index in [1.807, 2.05) is 53.5 Å². The van der Waals surface area contributed by atoms with Crippen molar-refractivity contribution >= 4 is 28.5 Å². The fraction of sp³-hybridized carbons (Fsp3) is 0.160. The topological polar surface area (TPSA) is 142 Å². The van der Waals surface area contributed by atoms with Gasteiger partial charge >= 0.3 is 0 Å². The highest BCUT2D eigenvalue weighted by atomic mass is 32.2. The lowest BCUT2D eigenvalue weighted by atomic mass is 9.98. The molecule has 0 saturated carbocycles. The summed E-state index contributed by atoms with van der Waals surface area (Å²) in [7, 11) is 0. The number of hydrazine groups is 1. The second-order valence-electron chi connectivity index (χ2n) is 8.21. The number of nitro groups is 1. The molecule has 0 aliphatic carbocycles. The van der Waals surface area contributed by atoms with Gasteiger partial charge in [-0.25, -0.2) is 5.43 Å². The van der Waals surface area contributed by atoms with Crippen molar-refractivity contribution in [1.29, 1.82) is 0 Å². The van der Waals surface area contributed by atoms with Gasteiger partial charge in [0.25, 0.3) is 11.6 Å². The average Bonchev–Trinajstić information content (AvgIpc) is 3.60. The first-order valence-corrected chi connectivity index (χ1v) is 12.4. The Labute approximate surface area is 216 Å². The zero-order valence-electron chi connectivity index (χ0n) is 19.7. The van der Waals surface area contributed by atoms with Crippen LogP contribution in [0.25, 0.3) is 22.5 Å². The minimum Gasteiger partial charge on any atom is -0.281 e. The second kappa shape index (κ2) is 10.7. The van der Waals surface area contributed by atoms with Crippen LogP contribution in [0.2, 0.25) is 0 Å². The summed E-state index contributed by atoms with van der Waals surface area (Å²) < 4.78 is 0. The van der Waals surface area contributed by atoms with Crippen molar-refractivity contribution in [2.45, 2.75) is 25.3 Å². The van der Waals surface area contributed by atoms with Crippen LogP contribution in [0.15, 0.2) is 77.8 Å². The minimum absolute atomic E-state index is 0.0721. The Kier molecular flexibility index (Phi) is 7.01. The van der Waals surface area contributed by atoms with Gasteiger partial charge in [-0.2, -0.15) is 10.2 Å². The van der Waals surface area contributed by atoms with E-state index in [-0.39, 0.29) is 11.1 Å². The number of nitro benzene ring substituents is 1. The molecule has 37 heavy (non-hydrogen) atoms. The van der Waals surface area contributed by atoms with Crippen LogP contribution >= 0.6 is 11.8 Å². The lowest BCUT2D eigenvalue weighted by molar-refractivity contribution is -0.384. The molecule has 1 aliphatic heterocycles. The van der Waals surface area contributed by atoms with E-state index in [2.05, 4.69) is 38.0 Å². The van der Waals surface area contributed by atoms with Crippen molar-refractivity contribution in [3.05, 3.63) is 94.0 Å². The van der Waals surface area contributed by atoms with Crippen molar-refractivity contribution in [1.82, 2.24) is 31.1 Å². The van der Waals surface area contributed by atoms with Crippen LogP contribution in [-0.4, -0.2) is 47.0 Å². The maximum atomic E-state index is 12.8. The van der Waals surface area contributed by atoms with Gasteiger partial charge in [0.15, 0.2) is 5.17 Å². The Bertz CT molecular complexity index is 1440. The summed E-state index contributed by atoms with van der Waals surface area (Å²) in [5.41, 5.74) is 7.53. The highest BCUT2D eigenvalue weighted by Crippen LogP contribution is 2.31. The zero-order valence-corrected chi connectivity index (χ0v) is 20.6. The van der Waals surface area contributed by atoms with E-state index in [0.29, 0.717) is 23.1 Å². The molecule has 0 radical (unpaired) electrons. The largest absolute Gasteiger partial charge is 0.281 e. The lowest BCUT2D eigenvalue weighted by Gasteiger charge is -2.19. The number of nitrogens with one attached hydrogen (secondary N) is 2. The Morgan fingerprint density at radius 1 is 1.08 bits per heavy atom. The predicted molar refractivity (Wildman–Crippen MR) is 140 cm³/mol. The summed E-state index contributed by atoms with van der Waals surface area (Å²) in [6.45, 7) is 2.56. The molecule has 2 N–H and O–H groups in total. The maximum Gasteiger partial charge on any atom is 0.279 e. The third kappa shape index (κ3) is 5.39. The molecule has 2 heterocycles. The zero-order chi connectivity index (χ0) is 25.8. The summed E-state index contributed by atoms with van der Waals surface area (Å²) in [5.74, 6) is 0.0801. The molecule has 5 rings (SSSR count). The first-order valence-electron chi connectivity index (χ1n) is 11.5. The molecule has 3 aromatic carbocycles. The number of thioether (sulfide) groups is 1. The highest BCUT2D eigenvalue weighted by molar-refractivity contribution is 8.14. The fourth-order valence-electron chi connectivity index (χ4n) is 3.88. The standard InChI is InChI=1S/C25H22N8O3S/c1-2-22-29-32(25(37-22)26-24(34)18-11-13-19(14-12-18)33(35)36)15-16-7-9-17(10-8-16)20-5-3-4-6-21(20)23-27-30-31-28-23/h3-14,22,29H,2,15H2,1H3,(H,27,28,30,31). The molecular weight excluding hydrogens is 492 g/mol. The molecule has 4 aromatic rings. The second-order valence-corrected chi connectivity index (χ2v) is 9.38. The van der Waals surface area contributed by atoms with Crippen molar-refractivity contribution in [3.8, 4) is 22.5 Å². The number of amides is 1. The van der Waals surface area contributed by atoms with Crippen molar-refractivity contribution < 1.29 is 9.72 Å². The van der Waals surface area contributed by atoms with Crippen LogP contribution in [0.1, 0.15) is 29.3 Å². The molecule has 1 aliphatic rings. The monoisotopic (exact) mass is 514 g/mol. The molecule has 1 unspecified atom stereocenters. The molecule has 0 bridgehead atoms. The number of aromatic nitrogens is 4. The third-order valence-electron chi connectivity index (χ3n) is 5.79. The summed E-state index contributed by atoms with van der Waals surface area (Å²) in [5, 5.41) is 27.8. The normalized spacial score (nSPS) is 16.3. The number of amidine groups is 1. The summed E-state index contributed by atoms with van der Waals surface area (Å²) in [6, 6.07) is 21.5. The average molecular weight is 515 g/mol. The Balaban J connectivity index is 1.34. The first kappa shape index (κ1) is 24.3. The number of aromatic amines is 1. The Morgan fingerprint density at radius 2 is 1.81 bits per heavy atom. The molecule has 1 atom stereocenters. The molecule has 1 aromatic heterocycles. The van der Waals surface area contributed by atoms with Crippen LogP contribution < -0.4 is 5.43 Å². The Hall–Kier alpha value is -4.42. The number of carbonyl (C=O) groups is 1. The van der Waals surface area contributed by atoms with E-state index < -0.39 is 10.8 Å². The molecular formula is C25H22N8O3S. The maximum absolute atomic E-state index is 12.8. The first-order chi connectivity index (χ1) is 18.0. The van der Waals surface area contributed by atoms with Crippen LogP contribution in [0.4, 0.5) is 5.69 Å². The summed E-state index contributed by atoms with van der Waals surface area (Å²) >= 11 is 1.48. The number of aliphatic imine (C=N–C) groups is 1. The summed E-state index contributed by atoms with van der Waals surface area (Å²) in [6.07, 6.45) is 0.845. The number of H-pyrrole nitrogens is 1. The molecule has 12 heteroatoms. The van der Waals surface area contributed by atoms with Gasteiger partial charge in [-0.05, 0) is 40.5 Å². The number of tetrazole rings is 1. The van der Waals surface area contributed by atoms with Gasteiger partial charge in [0.2, 0.25) is 5.82 Å². The molecule has 11 nitrogen and oxygen atoms in total. The molecule has 0 spiro atoms. The summed E-state index contributed by atoms with van der Waals surface area (Å²) in [4.78, 5) is 27.5. The molecule has 1 fully saturated rings. The third-order valence-corrected chi connectivity index (χ3v) is 7.04. The lowest BCUT2D eigenvalue weighted by Crippen LogP contribution is -2.37. The van der Waals surface area contributed by atoms with Crippen LogP contribution in [0.5, 0.6) is 0 Å². The van der Waals surface area contributed by atoms with E-state index >= 15 is 0 Å². The minimum atomic E-state index is -0.500. The quantitative estimate of drug-likeness (QED) is 0.270. The number of carbonyl (C=O) groups excluding carboxylic acids is 1. The van der Waals surface area contributed by atoms with E-state index in [4.69, 9.17) is 0 Å². The molecule has 1 amide bonds. The van der Waals surface area contributed by atoms with Gasteiger partial charge < -0.3 is 0 Å². The smallest absolute Gasteiger partial charge is 0.279 e. The fourth-order valence-corrected chi connectivity index (χ4v) is 4.86. The molecule has 186 valence electrons. The van der Waals surface area contributed by atoms with Gasteiger partial charge in [0.1, 0.15) is 0 Å². The number of benzene rings is 3. The van der Waals surface area contributed by atoms with Crippen molar-refractivity contribution in [2.24, 2.45) is 4.99 Å². The molecule has 1 saturated heterocycles. The number of non-ortho nitro benzene ring substituents is 1.